The fourth-order valence-corrected chi connectivity index (χ4v) is 3.02. The van der Waals surface area contributed by atoms with Crippen molar-refractivity contribution < 1.29 is 14.6 Å². The summed E-state index contributed by atoms with van der Waals surface area (Å²) in [4.78, 5) is 17.0. The van der Waals surface area contributed by atoms with Crippen molar-refractivity contribution in [1.29, 1.82) is 0 Å². The minimum atomic E-state index is -0.222. The summed E-state index contributed by atoms with van der Waals surface area (Å²) in [6.07, 6.45) is 1.71. The van der Waals surface area contributed by atoms with Crippen LogP contribution >= 0.6 is 23.4 Å². The molecule has 1 aliphatic rings. The average molecular weight is 361 g/mol. The molecule has 0 atom stereocenters. The van der Waals surface area contributed by atoms with E-state index in [1.54, 1.807) is 42.5 Å². The molecule has 0 spiro atoms. The zero-order chi connectivity index (χ0) is 17.1. The topological polar surface area (TPSA) is 70.9 Å². The molecular weight excluding hydrogens is 348 g/mol. The number of rotatable bonds is 3. The van der Waals surface area contributed by atoms with Crippen molar-refractivity contribution in [1.82, 2.24) is 5.32 Å². The third kappa shape index (κ3) is 3.72. The molecule has 1 amide bonds. The number of halogens is 1. The van der Waals surface area contributed by atoms with Gasteiger partial charge in [-0.3, -0.25) is 4.79 Å². The predicted molar refractivity (Wildman–Crippen MR) is 96.9 cm³/mol. The van der Waals surface area contributed by atoms with Crippen LogP contribution in [-0.2, 0) is 4.79 Å². The standard InChI is InChI=1S/C17H13ClN2O3S/c1-23-14-8-10(2-7-13(14)21)9-15-16(22)20-17(24-15)19-12-5-3-11(18)4-6-12/h2-9,21H,1H3,(H,19,20,22)/b15-9+. The largest absolute Gasteiger partial charge is 0.504 e. The normalized spacial score (nSPS) is 17.3. The van der Waals surface area contributed by atoms with E-state index in [1.807, 2.05) is 0 Å². The van der Waals surface area contributed by atoms with E-state index in [0.717, 1.165) is 5.56 Å². The molecule has 1 heterocycles. The SMILES string of the molecule is COc1cc(/C=C2/SC(=Nc3ccc(Cl)cc3)NC2=O)ccc1O. The number of carbonyl (C=O) groups is 1. The van der Waals surface area contributed by atoms with E-state index >= 15 is 0 Å². The number of benzene rings is 2. The van der Waals surface area contributed by atoms with E-state index in [9.17, 15) is 9.90 Å². The maximum absolute atomic E-state index is 12.1. The maximum atomic E-state index is 12.1. The number of methoxy groups -OCH3 is 1. The number of thioether (sulfide) groups is 1. The Morgan fingerprint density at radius 3 is 2.71 bits per heavy atom. The summed E-state index contributed by atoms with van der Waals surface area (Å²) < 4.78 is 5.07. The lowest BCUT2D eigenvalue weighted by Gasteiger charge is -2.03. The lowest BCUT2D eigenvalue weighted by Crippen LogP contribution is -2.19. The van der Waals surface area contributed by atoms with Gasteiger partial charge in [0.1, 0.15) is 0 Å². The molecule has 0 aliphatic carbocycles. The smallest absolute Gasteiger partial charge is 0.264 e. The molecule has 24 heavy (non-hydrogen) atoms. The molecule has 2 N–H and O–H groups in total. The summed E-state index contributed by atoms with van der Waals surface area (Å²) in [5.74, 6) is 0.177. The van der Waals surface area contributed by atoms with Gasteiger partial charge in [-0.2, -0.15) is 0 Å². The van der Waals surface area contributed by atoms with Gasteiger partial charge in [-0.15, -0.1) is 0 Å². The van der Waals surface area contributed by atoms with E-state index in [1.165, 1.54) is 24.9 Å². The van der Waals surface area contributed by atoms with Gasteiger partial charge >= 0.3 is 0 Å². The third-order valence-corrected chi connectivity index (χ3v) is 4.37. The fraction of sp³-hybridized carbons (Fsp3) is 0.0588. The van der Waals surface area contributed by atoms with Gasteiger partial charge in [0, 0.05) is 5.02 Å². The summed E-state index contributed by atoms with van der Waals surface area (Å²) in [6, 6.07) is 11.9. The molecule has 1 saturated heterocycles. The van der Waals surface area contributed by atoms with Crippen LogP contribution in [0, 0.1) is 0 Å². The molecule has 2 aromatic rings. The van der Waals surface area contributed by atoms with Crippen LogP contribution < -0.4 is 10.1 Å². The Morgan fingerprint density at radius 1 is 1.25 bits per heavy atom. The molecule has 0 saturated carbocycles. The highest BCUT2D eigenvalue weighted by atomic mass is 35.5. The van der Waals surface area contributed by atoms with E-state index in [4.69, 9.17) is 16.3 Å². The summed E-state index contributed by atoms with van der Waals surface area (Å²) in [5, 5.41) is 13.5. The van der Waals surface area contributed by atoms with Crippen LogP contribution in [0.5, 0.6) is 11.5 Å². The molecule has 122 valence electrons. The minimum Gasteiger partial charge on any atom is -0.504 e. The number of phenols is 1. The number of nitrogens with zero attached hydrogens (tertiary/aromatic N) is 1. The van der Waals surface area contributed by atoms with E-state index in [2.05, 4.69) is 10.3 Å². The first-order valence-corrected chi connectivity index (χ1v) is 8.17. The van der Waals surface area contributed by atoms with Crippen LogP contribution in [0.1, 0.15) is 5.56 Å². The number of aliphatic imine (C=N–C) groups is 1. The third-order valence-electron chi connectivity index (χ3n) is 3.21. The number of aromatic hydroxyl groups is 1. The Kier molecular flexibility index (Phi) is 4.78. The number of amides is 1. The molecule has 1 fully saturated rings. The number of amidine groups is 1. The minimum absolute atomic E-state index is 0.0492. The first-order chi connectivity index (χ1) is 11.5. The second-order valence-corrected chi connectivity index (χ2v) is 6.36. The summed E-state index contributed by atoms with van der Waals surface area (Å²) in [7, 11) is 1.47. The highest BCUT2D eigenvalue weighted by molar-refractivity contribution is 8.18. The number of phenolic OH excluding ortho intramolecular Hbond substituents is 1. The maximum Gasteiger partial charge on any atom is 0.264 e. The van der Waals surface area contributed by atoms with Crippen molar-refractivity contribution in [2.75, 3.05) is 7.11 Å². The van der Waals surface area contributed by atoms with Crippen molar-refractivity contribution in [3.63, 3.8) is 0 Å². The Morgan fingerprint density at radius 2 is 2.00 bits per heavy atom. The molecular formula is C17H13ClN2O3S. The molecule has 1 aliphatic heterocycles. The van der Waals surface area contributed by atoms with Crippen LogP contribution in [0.25, 0.3) is 6.08 Å². The molecule has 2 aromatic carbocycles. The Bertz CT molecular complexity index is 847. The van der Waals surface area contributed by atoms with Crippen molar-refractivity contribution in [2.45, 2.75) is 0 Å². The Hall–Kier alpha value is -2.44. The number of carbonyl (C=O) groups excluding carboxylic acids is 1. The lowest BCUT2D eigenvalue weighted by atomic mass is 10.2. The predicted octanol–water partition coefficient (Wildman–Crippen LogP) is 3.95. The number of hydrogen-bond donors (Lipinski definition) is 2. The summed E-state index contributed by atoms with van der Waals surface area (Å²) in [5.41, 5.74) is 1.45. The van der Waals surface area contributed by atoms with Crippen LogP contribution in [0.2, 0.25) is 5.02 Å². The summed E-state index contributed by atoms with van der Waals surface area (Å²) in [6.45, 7) is 0. The molecule has 3 rings (SSSR count). The number of hydrogen-bond acceptors (Lipinski definition) is 5. The van der Waals surface area contributed by atoms with Crippen molar-refractivity contribution in [3.05, 3.63) is 58.0 Å². The fourth-order valence-electron chi connectivity index (χ4n) is 2.05. The molecule has 0 bridgehead atoms. The monoisotopic (exact) mass is 360 g/mol. The number of nitrogens with one attached hydrogen (secondary N) is 1. The lowest BCUT2D eigenvalue weighted by molar-refractivity contribution is -0.115. The van der Waals surface area contributed by atoms with Gasteiger partial charge in [-0.25, -0.2) is 4.99 Å². The van der Waals surface area contributed by atoms with Gasteiger partial charge in [0.25, 0.3) is 5.91 Å². The van der Waals surface area contributed by atoms with Gasteiger partial charge < -0.3 is 15.2 Å². The van der Waals surface area contributed by atoms with Crippen molar-refractivity contribution in [2.24, 2.45) is 4.99 Å². The van der Waals surface area contributed by atoms with Gasteiger partial charge in [-0.1, -0.05) is 17.7 Å². The number of ether oxygens (including phenoxy) is 1. The molecule has 0 aromatic heterocycles. The van der Waals surface area contributed by atoms with Gasteiger partial charge in [0.2, 0.25) is 0 Å². The summed E-state index contributed by atoms with van der Waals surface area (Å²) >= 11 is 7.08. The Balaban J connectivity index is 1.83. The van der Waals surface area contributed by atoms with Crippen LogP contribution in [0.4, 0.5) is 5.69 Å². The zero-order valence-electron chi connectivity index (χ0n) is 12.6. The molecule has 0 radical (unpaired) electrons. The van der Waals surface area contributed by atoms with E-state index < -0.39 is 0 Å². The van der Waals surface area contributed by atoms with Crippen molar-refractivity contribution in [3.8, 4) is 11.5 Å². The molecule has 5 nitrogen and oxygen atoms in total. The van der Waals surface area contributed by atoms with Crippen molar-refractivity contribution >= 4 is 46.2 Å². The van der Waals surface area contributed by atoms with Gasteiger partial charge in [0.05, 0.1) is 17.7 Å². The average Bonchev–Trinajstić information content (AvgIpc) is 2.91. The second kappa shape index (κ2) is 6.98. The van der Waals surface area contributed by atoms with Gasteiger partial charge in [0.15, 0.2) is 16.7 Å². The highest BCUT2D eigenvalue weighted by Gasteiger charge is 2.23. The first kappa shape index (κ1) is 16.4. The van der Waals surface area contributed by atoms with Crippen LogP contribution in [0.3, 0.4) is 0 Å². The Labute approximate surface area is 148 Å². The van der Waals surface area contributed by atoms with E-state index in [-0.39, 0.29) is 11.7 Å². The highest BCUT2D eigenvalue weighted by Crippen LogP contribution is 2.31. The quantitative estimate of drug-likeness (QED) is 0.813. The zero-order valence-corrected chi connectivity index (χ0v) is 14.2. The van der Waals surface area contributed by atoms with Gasteiger partial charge in [-0.05, 0) is 59.8 Å². The molecule has 0 unspecified atom stereocenters. The van der Waals surface area contributed by atoms with E-state index in [0.29, 0.717) is 26.5 Å². The second-order valence-electron chi connectivity index (χ2n) is 4.89. The van der Waals surface area contributed by atoms with Crippen LogP contribution in [-0.4, -0.2) is 23.3 Å². The molecule has 7 heteroatoms. The van der Waals surface area contributed by atoms with Crippen LogP contribution in [0.15, 0.2) is 52.4 Å². The first-order valence-electron chi connectivity index (χ1n) is 6.97.